The molecule has 3 rings (SSSR count). The van der Waals surface area contributed by atoms with E-state index in [0.717, 1.165) is 31.6 Å². The molecule has 1 heterocycles. The van der Waals surface area contributed by atoms with Gasteiger partial charge in [-0.2, -0.15) is 0 Å². The summed E-state index contributed by atoms with van der Waals surface area (Å²) in [5.74, 6) is -0.417. The summed E-state index contributed by atoms with van der Waals surface area (Å²) < 4.78 is 0. The molecule has 2 aliphatic rings. The van der Waals surface area contributed by atoms with Gasteiger partial charge in [0.25, 0.3) is 5.91 Å². The SMILES string of the molecule is CC1CCC(N2CC(C(=O)Nc3ccccc3C(N)=O)CC2=O)CC1. The lowest BCUT2D eigenvalue weighted by atomic mass is 9.87. The number of rotatable bonds is 4. The fourth-order valence-corrected chi connectivity index (χ4v) is 3.86. The molecule has 6 heteroatoms. The molecule has 2 fully saturated rings. The highest BCUT2D eigenvalue weighted by molar-refractivity contribution is 6.04. The number of benzene rings is 1. The molecular formula is C19H25N3O3. The van der Waals surface area contributed by atoms with Crippen molar-refractivity contribution >= 4 is 23.4 Å². The normalized spacial score (nSPS) is 26.5. The van der Waals surface area contributed by atoms with Crippen molar-refractivity contribution in [2.45, 2.75) is 45.1 Å². The van der Waals surface area contributed by atoms with E-state index in [-0.39, 0.29) is 35.8 Å². The topological polar surface area (TPSA) is 92.5 Å². The molecule has 0 aromatic heterocycles. The molecule has 1 saturated heterocycles. The third kappa shape index (κ3) is 3.83. The number of nitrogens with zero attached hydrogens (tertiary/aromatic N) is 1. The van der Waals surface area contributed by atoms with Crippen LogP contribution in [0.3, 0.4) is 0 Å². The average Bonchev–Trinajstić information content (AvgIpc) is 2.98. The molecule has 1 aromatic rings. The molecule has 3 N–H and O–H groups in total. The molecule has 1 aromatic carbocycles. The van der Waals surface area contributed by atoms with Crippen LogP contribution in [0.5, 0.6) is 0 Å². The van der Waals surface area contributed by atoms with Gasteiger partial charge in [0, 0.05) is 19.0 Å². The molecule has 1 aliphatic carbocycles. The van der Waals surface area contributed by atoms with E-state index in [9.17, 15) is 14.4 Å². The number of para-hydroxylation sites is 1. The van der Waals surface area contributed by atoms with Crippen molar-refractivity contribution in [2.75, 3.05) is 11.9 Å². The minimum Gasteiger partial charge on any atom is -0.366 e. The Kier molecular flexibility index (Phi) is 5.06. The van der Waals surface area contributed by atoms with Crippen molar-refractivity contribution < 1.29 is 14.4 Å². The van der Waals surface area contributed by atoms with Crippen LogP contribution in [0, 0.1) is 11.8 Å². The lowest BCUT2D eigenvalue weighted by molar-refractivity contribution is -0.130. The second-order valence-electron chi connectivity index (χ2n) is 7.26. The van der Waals surface area contributed by atoms with Gasteiger partial charge >= 0.3 is 0 Å². The molecule has 25 heavy (non-hydrogen) atoms. The Morgan fingerprint density at radius 3 is 2.52 bits per heavy atom. The van der Waals surface area contributed by atoms with Crippen LogP contribution in [-0.4, -0.2) is 35.2 Å². The van der Waals surface area contributed by atoms with Gasteiger partial charge in [-0.15, -0.1) is 0 Å². The number of carbonyl (C=O) groups excluding carboxylic acids is 3. The number of nitrogens with one attached hydrogen (secondary N) is 1. The van der Waals surface area contributed by atoms with Gasteiger partial charge in [-0.1, -0.05) is 19.1 Å². The van der Waals surface area contributed by atoms with E-state index >= 15 is 0 Å². The third-order valence-electron chi connectivity index (χ3n) is 5.41. The third-order valence-corrected chi connectivity index (χ3v) is 5.41. The highest BCUT2D eigenvalue weighted by Crippen LogP contribution is 2.31. The van der Waals surface area contributed by atoms with Crippen molar-refractivity contribution in [3.05, 3.63) is 29.8 Å². The van der Waals surface area contributed by atoms with Crippen LogP contribution in [-0.2, 0) is 9.59 Å². The van der Waals surface area contributed by atoms with E-state index in [1.54, 1.807) is 24.3 Å². The van der Waals surface area contributed by atoms with Crippen LogP contribution in [0.4, 0.5) is 5.69 Å². The standard InChI is InChI=1S/C19H25N3O3/c1-12-6-8-14(9-7-12)22-11-13(10-17(22)23)19(25)21-16-5-3-2-4-15(16)18(20)24/h2-5,12-14H,6-11H2,1H3,(H2,20,24)(H,21,25). The van der Waals surface area contributed by atoms with Crippen LogP contribution in [0.2, 0.25) is 0 Å². The summed E-state index contributed by atoms with van der Waals surface area (Å²) >= 11 is 0. The van der Waals surface area contributed by atoms with E-state index in [2.05, 4.69) is 12.2 Å². The quantitative estimate of drug-likeness (QED) is 0.877. The van der Waals surface area contributed by atoms with E-state index in [1.807, 2.05) is 4.90 Å². The smallest absolute Gasteiger partial charge is 0.250 e. The number of anilines is 1. The van der Waals surface area contributed by atoms with Crippen molar-refractivity contribution in [2.24, 2.45) is 17.6 Å². The van der Waals surface area contributed by atoms with E-state index < -0.39 is 5.91 Å². The zero-order valence-electron chi connectivity index (χ0n) is 14.5. The molecule has 0 radical (unpaired) electrons. The van der Waals surface area contributed by atoms with Crippen molar-refractivity contribution in [3.8, 4) is 0 Å². The first-order valence-corrected chi connectivity index (χ1v) is 8.95. The Balaban J connectivity index is 1.64. The van der Waals surface area contributed by atoms with Crippen LogP contribution in [0.1, 0.15) is 49.4 Å². The fourth-order valence-electron chi connectivity index (χ4n) is 3.86. The second-order valence-corrected chi connectivity index (χ2v) is 7.26. The molecule has 0 bridgehead atoms. The zero-order chi connectivity index (χ0) is 18.0. The highest BCUT2D eigenvalue weighted by Gasteiger charge is 2.38. The summed E-state index contributed by atoms with van der Waals surface area (Å²) in [6.07, 6.45) is 4.54. The van der Waals surface area contributed by atoms with Gasteiger partial charge in [-0.05, 0) is 43.7 Å². The number of primary amides is 1. The van der Waals surface area contributed by atoms with Crippen LogP contribution in [0.25, 0.3) is 0 Å². The monoisotopic (exact) mass is 343 g/mol. The summed E-state index contributed by atoms with van der Waals surface area (Å²) in [4.78, 5) is 38.3. The molecule has 3 amide bonds. The molecule has 1 saturated carbocycles. The summed E-state index contributed by atoms with van der Waals surface area (Å²) in [6.45, 7) is 2.71. The number of amides is 3. The maximum Gasteiger partial charge on any atom is 0.250 e. The predicted octanol–water partition coefficient (Wildman–Crippen LogP) is 2.15. The molecule has 1 aliphatic heterocycles. The second kappa shape index (κ2) is 7.25. The van der Waals surface area contributed by atoms with Gasteiger partial charge in [-0.3, -0.25) is 14.4 Å². The predicted molar refractivity (Wildman–Crippen MR) is 94.8 cm³/mol. The molecule has 1 unspecified atom stereocenters. The van der Waals surface area contributed by atoms with E-state index in [1.165, 1.54) is 0 Å². The Hall–Kier alpha value is -2.37. The largest absolute Gasteiger partial charge is 0.366 e. The number of hydrogen-bond donors (Lipinski definition) is 2. The Bertz CT molecular complexity index is 680. The maximum absolute atomic E-state index is 12.6. The fraction of sp³-hybridized carbons (Fsp3) is 0.526. The van der Waals surface area contributed by atoms with E-state index in [0.29, 0.717) is 12.2 Å². The van der Waals surface area contributed by atoms with Gasteiger partial charge in [0.2, 0.25) is 11.8 Å². The summed E-state index contributed by atoms with van der Waals surface area (Å²) in [5.41, 5.74) is 6.02. The minimum absolute atomic E-state index is 0.0582. The summed E-state index contributed by atoms with van der Waals surface area (Å²) in [5, 5.41) is 2.77. The zero-order valence-corrected chi connectivity index (χ0v) is 14.5. The molecular weight excluding hydrogens is 318 g/mol. The van der Waals surface area contributed by atoms with Gasteiger partial charge in [0.1, 0.15) is 0 Å². The van der Waals surface area contributed by atoms with Crippen LogP contribution >= 0.6 is 0 Å². The lowest BCUT2D eigenvalue weighted by Crippen LogP contribution is -2.39. The number of nitrogens with two attached hydrogens (primary N) is 1. The number of likely N-dealkylation sites (tertiary alicyclic amines) is 1. The first kappa shape index (κ1) is 17.5. The van der Waals surface area contributed by atoms with Crippen molar-refractivity contribution in [1.29, 1.82) is 0 Å². The van der Waals surface area contributed by atoms with Gasteiger partial charge < -0.3 is 16.0 Å². The first-order chi connectivity index (χ1) is 12.0. The minimum atomic E-state index is -0.587. The lowest BCUT2D eigenvalue weighted by Gasteiger charge is -2.33. The van der Waals surface area contributed by atoms with Crippen LogP contribution in [0.15, 0.2) is 24.3 Å². The maximum atomic E-state index is 12.6. The van der Waals surface area contributed by atoms with Gasteiger partial charge in [0.05, 0.1) is 17.2 Å². The Labute approximate surface area is 147 Å². The summed E-state index contributed by atoms with van der Waals surface area (Å²) in [6, 6.07) is 6.92. The molecule has 6 nitrogen and oxygen atoms in total. The average molecular weight is 343 g/mol. The van der Waals surface area contributed by atoms with Crippen molar-refractivity contribution in [1.82, 2.24) is 4.90 Å². The van der Waals surface area contributed by atoms with Crippen molar-refractivity contribution in [3.63, 3.8) is 0 Å². The molecule has 134 valence electrons. The summed E-state index contributed by atoms with van der Waals surface area (Å²) in [7, 11) is 0. The molecule has 1 atom stereocenters. The van der Waals surface area contributed by atoms with Crippen LogP contribution < -0.4 is 11.1 Å². The van der Waals surface area contributed by atoms with E-state index in [4.69, 9.17) is 5.73 Å². The number of hydrogen-bond acceptors (Lipinski definition) is 3. The Morgan fingerprint density at radius 2 is 1.84 bits per heavy atom. The first-order valence-electron chi connectivity index (χ1n) is 8.95. The highest BCUT2D eigenvalue weighted by atomic mass is 16.2. The molecule has 0 spiro atoms. The number of carbonyl (C=O) groups is 3. The van der Waals surface area contributed by atoms with Gasteiger partial charge in [0.15, 0.2) is 0 Å². The van der Waals surface area contributed by atoms with Gasteiger partial charge in [-0.25, -0.2) is 0 Å². The Morgan fingerprint density at radius 1 is 1.16 bits per heavy atom.